The minimum atomic E-state index is -0.319. The van der Waals surface area contributed by atoms with Crippen LogP contribution in [0.25, 0.3) is 0 Å². The van der Waals surface area contributed by atoms with Crippen molar-refractivity contribution in [3.05, 3.63) is 45.7 Å². The largest absolute Gasteiger partial charge is 0.361 e. The molecule has 0 radical (unpaired) electrons. The van der Waals surface area contributed by atoms with Gasteiger partial charge in [-0.25, -0.2) is 4.68 Å². The standard InChI is InChI=1S/C17H22N6O4/c1-12-11-14(20-27-12)17(26)23-9-7-22(8-10-23)6-5-18-16(25)13-3-4-15(24)21(2)19-13/h3-4,11H,5-10H2,1-2H3,(H,18,25). The first-order chi connectivity index (χ1) is 12.9. The Kier molecular flexibility index (Phi) is 5.65. The molecule has 3 heterocycles. The van der Waals surface area contributed by atoms with Crippen molar-refractivity contribution in [1.82, 2.24) is 30.1 Å². The van der Waals surface area contributed by atoms with Crippen LogP contribution in [-0.2, 0) is 7.05 Å². The normalized spacial score (nSPS) is 15.0. The Balaban J connectivity index is 1.41. The van der Waals surface area contributed by atoms with Crippen molar-refractivity contribution in [3.63, 3.8) is 0 Å². The number of carbonyl (C=O) groups excluding carboxylic acids is 2. The zero-order chi connectivity index (χ0) is 19.4. The van der Waals surface area contributed by atoms with E-state index in [9.17, 15) is 14.4 Å². The molecule has 27 heavy (non-hydrogen) atoms. The Morgan fingerprint density at radius 3 is 2.56 bits per heavy atom. The summed E-state index contributed by atoms with van der Waals surface area (Å²) >= 11 is 0. The predicted molar refractivity (Wildman–Crippen MR) is 95.4 cm³/mol. The Hall–Kier alpha value is -3.01. The van der Waals surface area contributed by atoms with Crippen molar-refractivity contribution in [1.29, 1.82) is 0 Å². The van der Waals surface area contributed by atoms with Crippen LogP contribution in [0, 0.1) is 6.92 Å². The highest BCUT2D eigenvalue weighted by molar-refractivity contribution is 5.92. The van der Waals surface area contributed by atoms with Gasteiger partial charge in [-0.2, -0.15) is 5.10 Å². The number of hydrogen-bond donors (Lipinski definition) is 1. The van der Waals surface area contributed by atoms with Crippen LogP contribution in [0.15, 0.2) is 27.5 Å². The lowest BCUT2D eigenvalue weighted by Gasteiger charge is -2.34. The maximum atomic E-state index is 12.3. The van der Waals surface area contributed by atoms with Gasteiger partial charge in [-0.15, -0.1) is 0 Å². The van der Waals surface area contributed by atoms with Gasteiger partial charge in [0.25, 0.3) is 17.4 Å². The molecule has 10 heteroatoms. The monoisotopic (exact) mass is 374 g/mol. The molecule has 1 aliphatic rings. The smallest absolute Gasteiger partial charge is 0.276 e. The minimum absolute atomic E-state index is 0.124. The molecule has 1 N–H and O–H groups in total. The molecule has 2 aromatic heterocycles. The van der Waals surface area contributed by atoms with Crippen LogP contribution in [0.1, 0.15) is 26.7 Å². The summed E-state index contributed by atoms with van der Waals surface area (Å²) in [7, 11) is 1.50. The molecule has 1 saturated heterocycles. The van der Waals surface area contributed by atoms with Crippen molar-refractivity contribution in [2.75, 3.05) is 39.3 Å². The third kappa shape index (κ3) is 4.59. The topological polar surface area (TPSA) is 114 Å². The number of aryl methyl sites for hydroxylation is 2. The van der Waals surface area contributed by atoms with E-state index in [1.165, 1.54) is 19.2 Å². The van der Waals surface area contributed by atoms with Crippen molar-refractivity contribution >= 4 is 11.8 Å². The van der Waals surface area contributed by atoms with Crippen molar-refractivity contribution < 1.29 is 14.1 Å². The Labute approximate surface area is 155 Å². The van der Waals surface area contributed by atoms with Crippen LogP contribution in [0.2, 0.25) is 0 Å². The first-order valence-electron chi connectivity index (χ1n) is 8.71. The molecule has 1 fully saturated rings. The van der Waals surface area contributed by atoms with Gasteiger partial charge < -0.3 is 14.7 Å². The molecule has 0 unspecified atom stereocenters. The average Bonchev–Trinajstić information content (AvgIpc) is 3.10. The molecule has 0 saturated carbocycles. The van der Waals surface area contributed by atoms with E-state index >= 15 is 0 Å². The first kappa shape index (κ1) is 18.8. The first-order valence-corrected chi connectivity index (χ1v) is 8.71. The molecular formula is C17H22N6O4. The third-order valence-corrected chi connectivity index (χ3v) is 4.41. The summed E-state index contributed by atoms with van der Waals surface area (Å²) < 4.78 is 6.08. The van der Waals surface area contributed by atoms with E-state index in [-0.39, 0.29) is 23.1 Å². The number of amides is 2. The molecule has 3 rings (SSSR count). The molecule has 0 spiro atoms. The quantitative estimate of drug-likeness (QED) is 0.733. The van der Waals surface area contributed by atoms with E-state index in [0.717, 1.165) is 17.8 Å². The van der Waals surface area contributed by atoms with Gasteiger partial charge in [0.05, 0.1) is 0 Å². The lowest BCUT2D eigenvalue weighted by molar-refractivity contribution is 0.0628. The van der Waals surface area contributed by atoms with Crippen molar-refractivity contribution in [3.8, 4) is 0 Å². The van der Waals surface area contributed by atoms with Crippen LogP contribution >= 0.6 is 0 Å². The lowest BCUT2D eigenvalue weighted by atomic mass is 10.2. The van der Waals surface area contributed by atoms with Crippen LogP contribution in [0.4, 0.5) is 0 Å². The fourth-order valence-electron chi connectivity index (χ4n) is 2.85. The van der Waals surface area contributed by atoms with Gasteiger partial charge >= 0.3 is 0 Å². The molecule has 0 bridgehead atoms. The number of nitrogens with one attached hydrogen (secondary N) is 1. The van der Waals surface area contributed by atoms with Crippen molar-refractivity contribution in [2.24, 2.45) is 7.05 Å². The van der Waals surface area contributed by atoms with Gasteiger partial charge in [-0.1, -0.05) is 5.16 Å². The molecule has 0 aromatic carbocycles. The Morgan fingerprint density at radius 2 is 1.93 bits per heavy atom. The number of carbonyl (C=O) groups is 2. The fraction of sp³-hybridized carbons (Fsp3) is 0.471. The summed E-state index contributed by atoms with van der Waals surface area (Å²) in [5.41, 5.74) is 0.271. The number of piperazine rings is 1. The van der Waals surface area contributed by atoms with E-state index < -0.39 is 0 Å². The Morgan fingerprint density at radius 1 is 1.19 bits per heavy atom. The summed E-state index contributed by atoms with van der Waals surface area (Å²) in [6.45, 7) is 5.51. The van der Waals surface area contributed by atoms with Crippen molar-refractivity contribution in [2.45, 2.75) is 6.92 Å². The van der Waals surface area contributed by atoms with Crippen LogP contribution < -0.4 is 10.9 Å². The lowest BCUT2D eigenvalue weighted by Crippen LogP contribution is -2.50. The second-order valence-corrected chi connectivity index (χ2v) is 6.39. The van der Waals surface area contributed by atoms with Gasteiger partial charge in [0.2, 0.25) is 0 Å². The molecular weight excluding hydrogens is 352 g/mol. The predicted octanol–water partition coefficient (Wildman–Crippen LogP) is -0.735. The molecule has 10 nitrogen and oxygen atoms in total. The van der Waals surface area contributed by atoms with Gasteiger partial charge in [-0.3, -0.25) is 19.3 Å². The molecule has 0 atom stereocenters. The van der Waals surface area contributed by atoms with E-state index in [1.807, 2.05) is 0 Å². The van der Waals surface area contributed by atoms with Crippen LogP contribution in [0.3, 0.4) is 0 Å². The van der Waals surface area contributed by atoms with Gasteiger partial charge in [0, 0.05) is 58.4 Å². The number of aromatic nitrogens is 3. The maximum Gasteiger partial charge on any atom is 0.276 e. The van der Waals surface area contributed by atoms with E-state index in [4.69, 9.17) is 4.52 Å². The summed E-state index contributed by atoms with van der Waals surface area (Å²) in [4.78, 5) is 39.6. The average molecular weight is 374 g/mol. The molecule has 144 valence electrons. The molecule has 0 aliphatic carbocycles. The fourth-order valence-corrected chi connectivity index (χ4v) is 2.85. The van der Waals surface area contributed by atoms with Crippen LogP contribution in [0.5, 0.6) is 0 Å². The molecule has 2 amide bonds. The number of nitrogens with zero attached hydrogens (tertiary/aromatic N) is 5. The third-order valence-electron chi connectivity index (χ3n) is 4.41. The maximum absolute atomic E-state index is 12.3. The van der Waals surface area contributed by atoms with Gasteiger partial charge in [0.15, 0.2) is 5.69 Å². The van der Waals surface area contributed by atoms with E-state index in [0.29, 0.717) is 37.6 Å². The van der Waals surface area contributed by atoms with E-state index in [1.54, 1.807) is 17.9 Å². The SMILES string of the molecule is Cc1cc(C(=O)N2CCN(CCNC(=O)c3ccc(=O)n(C)n3)CC2)no1. The zero-order valence-corrected chi connectivity index (χ0v) is 15.3. The zero-order valence-electron chi connectivity index (χ0n) is 15.3. The van der Waals surface area contributed by atoms with Crippen LogP contribution in [-0.4, -0.2) is 75.8 Å². The number of hydrogen-bond acceptors (Lipinski definition) is 7. The summed E-state index contributed by atoms with van der Waals surface area (Å²) in [5.74, 6) is 0.169. The highest BCUT2D eigenvalue weighted by Gasteiger charge is 2.24. The molecule has 1 aliphatic heterocycles. The second kappa shape index (κ2) is 8.12. The highest BCUT2D eigenvalue weighted by Crippen LogP contribution is 2.09. The summed E-state index contributed by atoms with van der Waals surface area (Å²) in [6.07, 6.45) is 0. The second-order valence-electron chi connectivity index (χ2n) is 6.39. The molecule has 2 aromatic rings. The Bertz CT molecular complexity index is 882. The summed E-state index contributed by atoms with van der Waals surface area (Å²) in [5, 5.41) is 10.5. The summed E-state index contributed by atoms with van der Waals surface area (Å²) in [6, 6.07) is 4.36. The minimum Gasteiger partial charge on any atom is -0.361 e. The van der Waals surface area contributed by atoms with E-state index in [2.05, 4.69) is 20.5 Å². The number of rotatable bonds is 5. The van der Waals surface area contributed by atoms with Gasteiger partial charge in [0.1, 0.15) is 11.5 Å². The van der Waals surface area contributed by atoms with Gasteiger partial charge in [-0.05, 0) is 13.0 Å². The highest BCUT2D eigenvalue weighted by atomic mass is 16.5.